The zero-order valence-corrected chi connectivity index (χ0v) is 9.33. The van der Waals surface area contributed by atoms with Crippen molar-refractivity contribution in [3.05, 3.63) is 42.0 Å². The number of nitrogens with one attached hydrogen (secondary N) is 2. The summed E-state index contributed by atoms with van der Waals surface area (Å²) in [6.45, 7) is 2.86. The van der Waals surface area contributed by atoms with E-state index in [2.05, 4.69) is 15.3 Å². The molecule has 4 nitrogen and oxygen atoms in total. The van der Waals surface area contributed by atoms with Gasteiger partial charge < -0.3 is 16.0 Å². The number of aromatic amines is 1. The van der Waals surface area contributed by atoms with Crippen LogP contribution in [-0.2, 0) is 6.42 Å². The Morgan fingerprint density at radius 2 is 2.31 bits per heavy atom. The van der Waals surface area contributed by atoms with E-state index in [0.717, 1.165) is 35.7 Å². The first-order chi connectivity index (χ1) is 7.77. The van der Waals surface area contributed by atoms with Crippen LogP contribution in [0, 0.1) is 6.92 Å². The van der Waals surface area contributed by atoms with E-state index in [0.29, 0.717) is 0 Å². The minimum atomic E-state index is 0.822. The quantitative estimate of drug-likeness (QED) is 0.684. The fourth-order valence-electron chi connectivity index (χ4n) is 1.60. The average molecular weight is 216 g/mol. The molecule has 4 N–H and O–H groups in total. The third-order valence-electron chi connectivity index (χ3n) is 2.61. The number of nitrogens with zero attached hydrogens (tertiary/aromatic N) is 1. The molecule has 0 fully saturated rings. The first-order valence-electron chi connectivity index (χ1n) is 5.34. The molecule has 16 heavy (non-hydrogen) atoms. The minimum Gasteiger partial charge on any atom is -0.398 e. The van der Waals surface area contributed by atoms with Crippen LogP contribution in [0.4, 0.5) is 11.4 Å². The molecular formula is C12H16N4. The zero-order valence-electron chi connectivity index (χ0n) is 9.33. The molecule has 2 rings (SSSR count). The summed E-state index contributed by atoms with van der Waals surface area (Å²) >= 11 is 0. The van der Waals surface area contributed by atoms with E-state index in [-0.39, 0.29) is 0 Å². The van der Waals surface area contributed by atoms with E-state index in [1.54, 1.807) is 6.20 Å². The van der Waals surface area contributed by atoms with Crippen LogP contribution in [0.3, 0.4) is 0 Å². The first kappa shape index (κ1) is 10.5. The number of rotatable bonds is 4. The summed E-state index contributed by atoms with van der Waals surface area (Å²) in [4.78, 5) is 7.24. The van der Waals surface area contributed by atoms with Gasteiger partial charge in [0, 0.05) is 36.7 Å². The zero-order chi connectivity index (χ0) is 11.4. The SMILES string of the molecule is Cc1c(N)cccc1NCCc1ncc[nH]1. The summed E-state index contributed by atoms with van der Waals surface area (Å²) in [6, 6.07) is 5.90. The van der Waals surface area contributed by atoms with Crippen molar-refractivity contribution in [1.29, 1.82) is 0 Å². The molecule has 0 aliphatic carbocycles. The first-order valence-corrected chi connectivity index (χ1v) is 5.34. The lowest BCUT2D eigenvalue weighted by Gasteiger charge is -2.10. The average Bonchev–Trinajstić information content (AvgIpc) is 2.77. The summed E-state index contributed by atoms with van der Waals surface area (Å²) in [7, 11) is 0. The normalized spacial score (nSPS) is 10.3. The highest BCUT2D eigenvalue weighted by Crippen LogP contribution is 2.20. The molecular weight excluding hydrogens is 200 g/mol. The lowest BCUT2D eigenvalue weighted by atomic mass is 10.1. The van der Waals surface area contributed by atoms with Gasteiger partial charge >= 0.3 is 0 Å². The van der Waals surface area contributed by atoms with Crippen molar-refractivity contribution >= 4 is 11.4 Å². The van der Waals surface area contributed by atoms with E-state index in [1.165, 1.54) is 0 Å². The molecule has 0 saturated carbocycles. The van der Waals surface area contributed by atoms with Crippen molar-refractivity contribution in [3.8, 4) is 0 Å². The summed E-state index contributed by atoms with van der Waals surface area (Å²) in [5.41, 5.74) is 8.84. The number of aromatic nitrogens is 2. The Bertz CT molecular complexity index is 448. The maximum atomic E-state index is 5.83. The van der Waals surface area contributed by atoms with Crippen LogP contribution in [0.2, 0.25) is 0 Å². The van der Waals surface area contributed by atoms with Crippen LogP contribution in [0.25, 0.3) is 0 Å². The Morgan fingerprint density at radius 1 is 1.44 bits per heavy atom. The van der Waals surface area contributed by atoms with Gasteiger partial charge in [-0.3, -0.25) is 0 Å². The number of H-pyrrole nitrogens is 1. The smallest absolute Gasteiger partial charge is 0.107 e. The van der Waals surface area contributed by atoms with Gasteiger partial charge in [-0.1, -0.05) is 6.07 Å². The Hall–Kier alpha value is -1.97. The van der Waals surface area contributed by atoms with Gasteiger partial charge in [-0.15, -0.1) is 0 Å². The van der Waals surface area contributed by atoms with Gasteiger partial charge in [-0.2, -0.15) is 0 Å². The summed E-state index contributed by atoms with van der Waals surface area (Å²) in [5, 5.41) is 3.35. The largest absolute Gasteiger partial charge is 0.398 e. The fourth-order valence-corrected chi connectivity index (χ4v) is 1.60. The highest BCUT2D eigenvalue weighted by molar-refractivity contribution is 5.62. The van der Waals surface area contributed by atoms with Crippen molar-refractivity contribution < 1.29 is 0 Å². The maximum Gasteiger partial charge on any atom is 0.107 e. The van der Waals surface area contributed by atoms with Crippen LogP contribution < -0.4 is 11.1 Å². The number of imidazole rings is 1. The Labute approximate surface area is 94.9 Å². The summed E-state index contributed by atoms with van der Waals surface area (Å²) in [6.07, 6.45) is 4.48. The molecule has 0 saturated heterocycles. The van der Waals surface area contributed by atoms with E-state index >= 15 is 0 Å². The molecule has 0 bridgehead atoms. The Kier molecular flexibility index (Phi) is 3.10. The van der Waals surface area contributed by atoms with Crippen molar-refractivity contribution in [2.45, 2.75) is 13.3 Å². The number of hydrogen-bond acceptors (Lipinski definition) is 3. The van der Waals surface area contributed by atoms with E-state index in [9.17, 15) is 0 Å². The molecule has 4 heteroatoms. The summed E-state index contributed by atoms with van der Waals surface area (Å²) in [5.74, 6) is 0.994. The van der Waals surface area contributed by atoms with Crippen LogP contribution in [0.15, 0.2) is 30.6 Å². The molecule has 2 aromatic rings. The van der Waals surface area contributed by atoms with Gasteiger partial charge in [0.05, 0.1) is 0 Å². The molecule has 84 valence electrons. The standard InChI is InChI=1S/C12H16N4/c1-9-10(13)3-2-4-11(9)14-6-5-12-15-7-8-16-12/h2-4,7-8,14H,5-6,13H2,1H3,(H,15,16). The predicted molar refractivity (Wildman–Crippen MR) is 66.4 cm³/mol. The van der Waals surface area contributed by atoms with Gasteiger partial charge in [0.1, 0.15) is 5.82 Å². The predicted octanol–water partition coefficient (Wildman–Crippen LogP) is 1.95. The lowest BCUT2D eigenvalue weighted by Crippen LogP contribution is -2.07. The van der Waals surface area contributed by atoms with Crippen molar-refractivity contribution in [1.82, 2.24) is 9.97 Å². The third-order valence-corrected chi connectivity index (χ3v) is 2.61. The van der Waals surface area contributed by atoms with Crippen LogP contribution in [0.1, 0.15) is 11.4 Å². The highest BCUT2D eigenvalue weighted by Gasteiger charge is 2.00. The monoisotopic (exact) mass is 216 g/mol. The Morgan fingerprint density at radius 3 is 3.06 bits per heavy atom. The number of nitrogens with two attached hydrogens (primary N) is 1. The topological polar surface area (TPSA) is 66.7 Å². The molecule has 1 aromatic heterocycles. The highest BCUT2D eigenvalue weighted by atomic mass is 14.9. The molecule has 0 aliphatic heterocycles. The van der Waals surface area contributed by atoms with Crippen LogP contribution in [-0.4, -0.2) is 16.5 Å². The third kappa shape index (κ3) is 2.34. The van der Waals surface area contributed by atoms with Gasteiger partial charge in [0.2, 0.25) is 0 Å². The van der Waals surface area contributed by atoms with E-state index in [1.807, 2.05) is 31.3 Å². The van der Waals surface area contributed by atoms with Crippen molar-refractivity contribution in [2.24, 2.45) is 0 Å². The number of benzene rings is 1. The molecule has 0 amide bonds. The molecule has 0 aliphatic rings. The number of hydrogen-bond donors (Lipinski definition) is 3. The molecule has 1 heterocycles. The van der Waals surface area contributed by atoms with Crippen molar-refractivity contribution in [3.63, 3.8) is 0 Å². The van der Waals surface area contributed by atoms with Gasteiger partial charge in [-0.25, -0.2) is 4.98 Å². The Balaban J connectivity index is 1.92. The van der Waals surface area contributed by atoms with Crippen LogP contribution >= 0.6 is 0 Å². The molecule has 0 radical (unpaired) electrons. The molecule has 1 aromatic carbocycles. The van der Waals surface area contributed by atoms with E-state index in [4.69, 9.17) is 5.73 Å². The second-order valence-corrected chi connectivity index (χ2v) is 3.73. The number of anilines is 2. The molecule has 0 spiro atoms. The molecule has 0 unspecified atom stereocenters. The maximum absolute atomic E-state index is 5.83. The lowest BCUT2D eigenvalue weighted by molar-refractivity contribution is 0.926. The molecule has 0 atom stereocenters. The van der Waals surface area contributed by atoms with E-state index < -0.39 is 0 Å². The minimum absolute atomic E-state index is 0.822. The van der Waals surface area contributed by atoms with Gasteiger partial charge in [0.25, 0.3) is 0 Å². The van der Waals surface area contributed by atoms with Gasteiger partial charge in [0.15, 0.2) is 0 Å². The van der Waals surface area contributed by atoms with Gasteiger partial charge in [-0.05, 0) is 24.6 Å². The number of nitrogen functional groups attached to an aromatic ring is 1. The van der Waals surface area contributed by atoms with Crippen molar-refractivity contribution in [2.75, 3.05) is 17.6 Å². The fraction of sp³-hybridized carbons (Fsp3) is 0.250. The second-order valence-electron chi connectivity index (χ2n) is 3.73. The second kappa shape index (κ2) is 4.70. The summed E-state index contributed by atoms with van der Waals surface area (Å²) < 4.78 is 0. The van der Waals surface area contributed by atoms with Crippen LogP contribution in [0.5, 0.6) is 0 Å².